The van der Waals surface area contributed by atoms with Gasteiger partial charge in [-0.2, -0.15) is 27.1 Å². The molecule has 0 unspecified atom stereocenters. The van der Waals surface area contributed by atoms with Gasteiger partial charge in [0.1, 0.15) is 0 Å². The van der Waals surface area contributed by atoms with Crippen LogP contribution in [-0.2, 0) is 18.3 Å². The van der Waals surface area contributed by atoms with Crippen LogP contribution < -0.4 is 5.32 Å². The molecule has 102 valence electrons. The second-order valence-corrected chi connectivity index (χ2v) is 3.56. The molecular formula is C9H10F5N3O. The summed E-state index contributed by atoms with van der Waals surface area (Å²) >= 11 is 0. The number of halogens is 5. The van der Waals surface area contributed by atoms with E-state index in [0.717, 1.165) is 0 Å². The highest BCUT2D eigenvalue weighted by atomic mass is 19.4. The average Bonchev–Trinajstić information content (AvgIpc) is 2.62. The van der Waals surface area contributed by atoms with Crippen LogP contribution >= 0.6 is 0 Å². The largest absolute Gasteiger partial charge is 0.463 e. The van der Waals surface area contributed by atoms with Crippen molar-refractivity contribution in [3.8, 4) is 0 Å². The van der Waals surface area contributed by atoms with Crippen LogP contribution in [0.25, 0.3) is 0 Å². The highest BCUT2D eigenvalue weighted by Crippen LogP contribution is 2.35. The van der Waals surface area contributed by atoms with E-state index < -0.39 is 18.0 Å². The van der Waals surface area contributed by atoms with E-state index >= 15 is 0 Å². The molecule has 0 saturated carbocycles. The molecule has 0 fully saturated rings. The second kappa shape index (κ2) is 4.91. The first-order chi connectivity index (χ1) is 8.14. The lowest BCUT2D eigenvalue weighted by atomic mass is 10.2. The maximum atomic E-state index is 12.5. The Morgan fingerprint density at radius 2 is 2.00 bits per heavy atom. The van der Waals surface area contributed by atoms with Crippen molar-refractivity contribution in [2.45, 2.75) is 18.5 Å². The quantitative estimate of drug-likeness (QED) is 0.838. The minimum atomic E-state index is -5.89. The van der Waals surface area contributed by atoms with Crippen LogP contribution in [-0.4, -0.2) is 34.3 Å². The number of aryl methyl sites for hydroxylation is 1. The van der Waals surface area contributed by atoms with E-state index in [1.807, 2.05) is 0 Å². The van der Waals surface area contributed by atoms with Crippen LogP contribution in [0.15, 0.2) is 12.3 Å². The van der Waals surface area contributed by atoms with Crippen molar-refractivity contribution in [2.24, 2.45) is 7.05 Å². The smallest absolute Gasteiger partial charge is 0.350 e. The molecule has 1 N–H and O–H groups in total. The SMILES string of the molecule is Cn1ccc(CCNC(=O)C(F)(F)C(F)(F)F)n1. The minimum Gasteiger partial charge on any atom is -0.350 e. The van der Waals surface area contributed by atoms with Gasteiger partial charge < -0.3 is 5.32 Å². The van der Waals surface area contributed by atoms with Crippen molar-refractivity contribution < 1.29 is 26.7 Å². The number of hydrogen-bond acceptors (Lipinski definition) is 2. The predicted octanol–water partition coefficient (Wildman–Crippen LogP) is 1.28. The maximum absolute atomic E-state index is 12.5. The third kappa shape index (κ3) is 3.17. The van der Waals surface area contributed by atoms with Crippen molar-refractivity contribution in [2.75, 3.05) is 6.54 Å². The Bertz CT molecular complexity index is 426. The number of carbonyl (C=O) groups excluding carboxylic acids is 1. The number of carbonyl (C=O) groups is 1. The first-order valence-electron chi connectivity index (χ1n) is 4.86. The van der Waals surface area contributed by atoms with E-state index in [0.29, 0.717) is 5.69 Å². The molecule has 1 heterocycles. The second-order valence-electron chi connectivity index (χ2n) is 3.56. The zero-order valence-electron chi connectivity index (χ0n) is 9.26. The number of alkyl halides is 5. The molecule has 1 amide bonds. The Morgan fingerprint density at radius 3 is 2.44 bits per heavy atom. The predicted molar refractivity (Wildman–Crippen MR) is 50.9 cm³/mol. The zero-order valence-corrected chi connectivity index (χ0v) is 9.26. The summed E-state index contributed by atoms with van der Waals surface area (Å²) < 4.78 is 61.9. The van der Waals surface area contributed by atoms with Crippen LogP contribution in [0.2, 0.25) is 0 Å². The Labute approximate surface area is 98.8 Å². The summed E-state index contributed by atoms with van der Waals surface area (Å²) in [6.07, 6.45) is -4.23. The van der Waals surface area contributed by atoms with Gasteiger partial charge in [0.25, 0.3) is 5.91 Å². The third-order valence-electron chi connectivity index (χ3n) is 2.08. The number of nitrogens with one attached hydrogen (secondary N) is 1. The van der Waals surface area contributed by atoms with E-state index in [1.54, 1.807) is 19.3 Å². The van der Waals surface area contributed by atoms with Gasteiger partial charge in [-0.1, -0.05) is 0 Å². The number of hydrogen-bond donors (Lipinski definition) is 1. The molecule has 1 aromatic heterocycles. The number of amides is 1. The van der Waals surface area contributed by atoms with Crippen LogP contribution in [0.3, 0.4) is 0 Å². The normalized spacial score (nSPS) is 12.6. The summed E-state index contributed by atoms with van der Waals surface area (Å²) in [6.45, 7) is -0.346. The van der Waals surface area contributed by atoms with E-state index in [-0.39, 0.29) is 13.0 Å². The first-order valence-corrected chi connectivity index (χ1v) is 4.86. The fraction of sp³-hybridized carbons (Fsp3) is 0.556. The van der Waals surface area contributed by atoms with Gasteiger partial charge in [0.2, 0.25) is 0 Å². The van der Waals surface area contributed by atoms with Gasteiger partial charge in [-0.05, 0) is 6.07 Å². The molecule has 0 aliphatic rings. The highest BCUT2D eigenvalue weighted by molar-refractivity contribution is 5.84. The third-order valence-corrected chi connectivity index (χ3v) is 2.08. The minimum absolute atomic E-state index is 0.0700. The summed E-state index contributed by atoms with van der Waals surface area (Å²) in [6, 6.07) is 1.56. The summed E-state index contributed by atoms with van der Waals surface area (Å²) in [5.74, 6) is -7.73. The molecule has 0 radical (unpaired) electrons. The Balaban J connectivity index is 2.47. The lowest BCUT2D eigenvalue weighted by Crippen LogP contribution is -2.50. The van der Waals surface area contributed by atoms with E-state index in [4.69, 9.17) is 0 Å². The molecule has 0 aliphatic carbocycles. The maximum Gasteiger partial charge on any atom is 0.463 e. The number of aromatic nitrogens is 2. The van der Waals surface area contributed by atoms with E-state index in [2.05, 4.69) is 5.10 Å². The van der Waals surface area contributed by atoms with Gasteiger partial charge in [0.15, 0.2) is 0 Å². The molecule has 1 aromatic rings. The van der Waals surface area contributed by atoms with Crippen molar-refractivity contribution in [1.82, 2.24) is 15.1 Å². The molecule has 0 spiro atoms. The highest BCUT2D eigenvalue weighted by Gasteiger charge is 2.63. The van der Waals surface area contributed by atoms with Gasteiger partial charge in [-0.3, -0.25) is 9.48 Å². The fourth-order valence-corrected chi connectivity index (χ4v) is 1.14. The molecule has 0 saturated heterocycles. The molecule has 0 bridgehead atoms. The Morgan fingerprint density at radius 1 is 1.39 bits per heavy atom. The van der Waals surface area contributed by atoms with Gasteiger partial charge >= 0.3 is 12.1 Å². The zero-order chi connectivity index (χ0) is 14.0. The molecule has 4 nitrogen and oxygen atoms in total. The summed E-state index contributed by atoms with van der Waals surface area (Å²) in [4.78, 5) is 10.7. The molecule has 0 aromatic carbocycles. The molecule has 18 heavy (non-hydrogen) atoms. The Kier molecular flexibility index (Phi) is 3.92. The monoisotopic (exact) mass is 271 g/mol. The Hall–Kier alpha value is -1.67. The van der Waals surface area contributed by atoms with Crippen molar-refractivity contribution in [1.29, 1.82) is 0 Å². The number of rotatable bonds is 4. The lowest BCUT2D eigenvalue weighted by Gasteiger charge is -2.18. The van der Waals surface area contributed by atoms with E-state index in [9.17, 15) is 26.7 Å². The standard InChI is InChI=1S/C9H10F5N3O/c1-17-5-3-6(16-17)2-4-15-7(18)8(10,11)9(12,13)14/h3,5H,2,4H2,1H3,(H,15,18). The van der Waals surface area contributed by atoms with Crippen molar-refractivity contribution in [3.05, 3.63) is 18.0 Å². The van der Waals surface area contributed by atoms with Crippen LogP contribution in [0.5, 0.6) is 0 Å². The van der Waals surface area contributed by atoms with Crippen molar-refractivity contribution >= 4 is 5.91 Å². The summed E-state index contributed by atoms with van der Waals surface area (Å²) in [7, 11) is 1.62. The van der Waals surface area contributed by atoms with Gasteiger partial charge in [0, 0.05) is 26.2 Å². The van der Waals surface area contributed by atoms with Crippen LogP contribution in [0, 0.1) is 0 Å². The summed E-state index contributed by atoms with van der Waals surface area (Å²) in [5, 5.41) is 5.40. The molecule has 1 rings (SSSR count). The molecule has 0 atom stereocenters. The average molecular weight is 271 g/mol. The molecule has 0 aliphatic heterocycles. The summed E-state index contributed by atoms with van der Waals surface area (Å²) in [5.41, 5.74) is 0.480. The van der Waals surface area contributed by atoms with E-state index in [1.165, 1.54) is 10.00 Å². The first kappa shape index (κ1) is 14.4. The molecule has 9 heteroatoms. The van der Waals surface area contributed by atoms with Crippen LogP contribution in [0.4, 0.5) is 22.0 Å². The van der Waals surface area contributed by atoms with Gasteiger partial charge in [-0.15, -0.1) is 0 Å². The topological polar surface area (TPSA) is 46.9 Å². The fourth-order valence-electron chi connectivity index (χ4n) is 1.14. The van der Waals surface area contributed by atoms with Gasteiger partial charge in [0.05, 0.1) is 5.69 Å². The molecular weight excluding hydrogens is 261 g/mol. The van der Waals surface area contributed by atoms with Crippen LogP contribution in [0.1, 0.15) is 5.69 Å². The number of nitrogens with zero attached hydrogens (tertiary/aromatic N) is 2. The van der Waals surface area contributed by atoms with Gasteiger partial charge in [-0.25, -0.2) is 0 Å². The lowest BCUT2D eigenvalue weighted by molar-refractivity contribution is -0.269. The van der Waals surface area contributed by atoms with Crippen molar-refractivity contribution in [3.63, 3.8) is 0 Å².